The number of rotatable bonds is 7. The Labute approximate surface area is 159 Å². The lowest BCUT2D eigenvalue weighted by Gasteiger charge is -2.23. The van der Waals surface area contributed by atoms with Crippen LogP contribution in [0.15, 0.2) is 45.9 Å². The number of carbonyl (C=O) groups is 1. The number of ether oxygens (including phenoxy) is 1. The van der Waals surface area contributed by atoms with Gasteiger partial charge in [0, 0.05) is 6.04 Å². The molecule has 0 unspecified atom stereocenters. The number of hydrogen-bond donors (Lipinski definition) is 2. The molecule has 0 radical (unpaired) electrons. The Morgan fingerprint density at radius 3 is 2.67 bits per heavy atom. The van der Waals surface area contributed by atoms with Crippen molar-refractivity contribution in [1.29, 1.82) is 0 Å². The van der Waals surface area contributed by atoms with Gasteiger partial charge in [-0.3, -0.25) is 4.79 Å². The fourth-order valence-electron chi connectivity index (χ4n) is 3.20. The molecule has 0 saturated heterocycles. The van der Waals surface area contributed by atoms with Gasteiger partial charge in [0.2, 0.25) is 10.0 Å². The predicted octanol–water partition coefficient (Wildman–Crippen LogP) is 2.83. The monoisotopic (exact) mass is 392 g/mol. The van der Waals surface area contributed by atoms with Crippen molar-refractivity contribution in [2.24, 2.45) is 0 Å². The van der Waals surface area contributed by atoms with Crippen molar-refractivity contribution in [1.82, 2.24) is 10.0 Å². The Morgan fingerprint density at radius 2 is 2.00 bits per heavy atom. The lowest BCUT2D eigenvalue weighted by Crippen LogP contribution is -2.36. The van der Waals surface area contributed by atoms with Gasteiger partial charge in [-0.25, -0.2) is 13.1 Å². The van der Waals surface area contributed by atoms with E-state index in [0.717, 1.165) is 25.7 Å². The molecule has 27 heavy (non-hydrogen) atoms. The molecule has 1 aliphatic rings. The summed E-state index contributed by atoms with van der Waals surface area (Å²) in [7, 11) is -2.34. The van der Waals surface area contributed by atoms with Gasteiger partial charge < -0.3 is 14.5 Å². The Bertz CT molecular complexity index is 872. The van der Waals surface area contributed by atoms with Crippen LogP contribution in [0.3, 0.4) is 0 Å². The summed E-state index contributed by atoms with van der Waals surface area (Å²) in [4.78, 5) is 12.7. The first kappa shape index (κ1) is 19.4. The zero-order chi connectivity index (χ0) is 19.3. The van der Waals surface area contributed by atoms with E-state index in [-0.39, 0.29) is 29.0 Å². The summed E-state index contributed by atoms with van der Waals surface area (Å²) in [5, 5.41) is 2.99. The van der Waals surface area contributed by atoms with Gasteiger partial charge in [0.05, 0.1) is 30.4 Å². The summed E-state index contributed by atoms with van der Waals surface area (Å²) in [6.45, 7) is 0.0327. The minimum absolute atomic E-state index is 0.00338. The summed E-state index contributed by atoms with van der Waals surface area (Å²) in [5.41, 5.74) is 0.212. The standard InChI is InChI=1S/C19H24N2O5S/c1-25-18-10-9-16(27(23,24)20-13-15-8-5-11-26-15)12-17(18)19(22)21-14-6-3-2-4-7-14/h5,8-12,14,20H,2-4,6-7,13H2,1H3,(H,21,22). The first-order valence-corrected chi connectivity index (χ1v) is 10.5. The van der Waals surface area contributed by atoms with E-state index >= 15 is 0 Å². The van der Waals surface area contributed by atoms with Gasteiger partial charge in [-0.1, -0.05) is 19.3 Å². The summed E-state index contributed by atoms with van der Waals surface area (Å²) in [6.07, 6.45) is 6.73. The number of carbonyl (C=O) groups excluding carboxylic acids is 1. The van der Waals surface area contributed by atoms with Crippen molar-refractivity contribution in [3.8, 4) is 5.75 Å². The van der Waals surface area contributed by atoms with Crippen LogP contribution < -0.4 is 14.8 Å². The molecular weight excluding hydrogens is 368 g/mol. The molecule has 2 N–H and O–H groups in total. The molecule has 8 heteroatoms. The van der Waals surface area contributed by atoms with Crippen molar-refractivity contribution >= 4 is 15.9 Å². The molecule has 2 aromatic rings. The van der Waals surface area contributed by atoms with Crippen LogP contribution in [0.5, 0.6) is 5.75 Å². The van der Waals surface area contributed by atoms with Crippen LogP contribution in [0.25, 0.3) is 0 Å². The zero-order valence-corrected chi connectivity index (χ0v) is 16.1. The van der Waals surface area contributed by atoms with E-state index in [2.05, 4.69) is 10.0 Å². The lowest BCUT2D eigenvalue weighted by molar-refractivity contribution is 0.0924. The molecule has 1 amide bonds. The summed E-state index contributed by atoms with van der Waals surface area (Å²) >= 11 is 0. The minimum atomic E-state index is -3.80. The normalized spacial score (nSPS) is 15.4. The quantitative estimate of drug-likeness (QED) is 0.755. The highest BCUT2D eigenvalue weighted by atomic mass is 32.2. The maximum Gasteiger partial charge on any atom is 0.255 e. The van der Waals surface area contributed by atoms with Crippen molar-refractivity contribution in [2.45, 2.75) is 49.6 Å². The fraction of sp³-hybridized carbons (Fsp3) is 0.421. The topological polar surface area (TPSA) is 97.6 Å². The highest BCUT2D eigenvalue weighted by molar-refractivity contribution is 7.89. The third-order valence-electron chi connectivity index (χ3n) is 4.68. The minimum Gasteiger partial charge on any atom is -0.496 e. The SMILES string of the molecule is COc1ccc(S(=O)(=O)NCc2ccco2)cc1C(=O)NC1CCCCC1. The van der Waals surface area contributed by atoms with Crippen LogP contribution in [0.2, 0.25) is 0 Å². The van der Waals surface area contributed by atoms with E-state index in [1.807, 2.05) is 0 Å². The van der Waals surface area contributed by atoms with Crippen molar-refractivity contribution < 1.29 is 22.4 Å². The number of methoxy groups -OCH3 is 1. The number of nitrogens with one attached hydrogen (secondary N) is 2. The van der Waals surface area contributed by atoms with E-state index in [1.165, 1.54) is 38.0 Å². The van der Waals surface area contributed by atoms with Crippen LogP contribution in [-0.2, 0) is 16.6 Å². The number of amides is 1. The van der Waals surface area contributed by atoms with Gasteiger partial charge >= 0.3 is 0 Å². The molecule has 3 rings (SSSR count). The first-order valence-electron chi connectivity index (χ1n) is 9.00. The highest BCUT2D eigenvalue weighted by Crippen LogP contribution is 2.24. The first-order chi connectivity index (χ1) is 13.0. The number of sulfonamides is 1. The van der Waals surface area contributed by atoms with Crippen LogP contribution in [0.1, 0.15) is 48.2 Å². The fourth-order valence-corrected chi connectivity index (χ4v) is 4.22. The molecule has 1 aromatic heterocycles. The zero-order valence-electron chi connectivity index (χ0n) is 15.2. The molecule has 0 bridgehead atoms. The van der Waals surface area contributed by atoms with Gasteiger partial charge in [-0.05, 0) is 43.2 Å². The van der Waals surface area contributed by atoms with Gasteiger partial charge in [0.15, 0.2) is 0 Å². The highest BCUT2D eigenvalue weighted by Gasteiger charge is 2.22. The van der Waals surface area contributed by atoms with Gasteiger partial charge in [0.1, 0.15) is 11.5 Å². The molecule has 1 fully saturated rings. The molecule has 0 spiro atoms. The Balaban J connectivity index is 1.78. The van der Waals surface area contributed by atoms with Crippen molar-refractivity contribution in [3.05, 3.63) is 47.9 Å². The molecule has 0 atom stereocenters. The second-order valence-corrected chi connectivity index (χ2v) is 8.34. The summed E-state index contributed by atoms with van der Waals surface area (Å²) in [6, 6.07) is 7.75. The molecular formula is C19H24N2O5S. The van der Waals surface area contributed by atoms with Crippen molar-refractivity contribution in [3.63, 3.8) is 0 Å². The number of furan rings is 1. The maximum absolute atomic E-state index is 12.7. The van der Waals surface area contributed by atoms with Crippen LogP contribution in [0, 0.1) is 0 Å². The van der Waals surface area contributed by atoms with Gasteiger partial charge in [-0.15, -0.1) is 0 Å². The third-order valence-corrected chi connectivity index (χ3v) is 6.08. The van der Waals surface area contributed by atoms with E-state index in [1.54, 1.807) is 12.1 Å². The average Bonchev–Trinajstić information content (AvgIpc) is 3.20. The van der Waals surface area contributed by atoms with Gasteiger partial charge in [0.25, 0.3) is 5.91 Å². The van der Waals surface area contributed by atoms with Crippen LogP contribution >= 0.6 is 0 Å². The Morgan fingerprint density at radius 1 is 1.22 bits per heavy atom. The molecule has 7 nitrogen and oxygen atoms in total. The molecule has 146 valence electrons. The summed E-state index contributed by atoms with van der Waals surface area (Å²) < 4.78 is 38.0. The number of hydrogen-bond acceptors (Lipinski definition) is 5. The molecule has 0 aliphatic heterocycles. The van der Waals surface area contributed by atoms with E-state index < -0.39 is 10.0 Å². The maximum atomic E-state index is 12.7. The molecule has 1 aliphatic carbocycles. The van der Waals surface area contributed by atoms with Gasteiger partial charge in [-0.2, -0.15) is 0 Å². The predicted molar refractivity (Wildman–Crippen MR) is 100 cm³/mol. The van der Waals surface area contributed by atoms with E-state index in [4.69, 9.17) is 9.15 Å². The molecule has 1 aromatic carbocycles. The lowest BCUT2D eigenvalue weighted by atomic mass is 9.95. The third kappa shape index (κ3) is 4.90. The smallest absolute Gasteiger partial charge is 0.255 e. The van der Waals surface area contributed by atoms with Crippen LogP contribution in [0.4, 0.5) is 0 Å². The second kappa shape index (κ2) is 8.58. The molecule has 1 heterocycles. The van der Waals surface area contributed by atoms with Crippen LogP contribution in [-0.4, -0.2) is 27.5 Å². The molecule has 1 saturated carbocycles. The summed E-state index contributed by atoms with van der Waals surface area (Å²) in [5.74, 6) is 0.525. The Hall–Kier alpha value is -2.32. The van der Waals surface area contributed by atoms with E-state index in [9.17, 15) is 13.2 Å². The Kier molecular flexibility index (Phi) is 6.18. The number of benzene rings is 1. The van der Waals surface area contributed by atoms with E-state index in [0.29, 0.717) is 11.5 Å². The second-order valence-electron chi connectivity index (χ2n) is 6.57. The largest absolute Gasteiger partial charge is 0.496 e. The van der Waals surface area contributed by atoms with Crippen molar-refractivity contribution in [2.75, 3.05) is 7.11 Å². The average molecular weight is 392 g/mol.